The summed E-state index contributed by atoms with van der Waals surface area (Å²) in [6.07, 6.45) is 0. The third-order valence-corrected chi connectivity index (χ3v) is 7.20. The van der Waals surface area contributed by atoms with E-state index >= 15 is 0 Å². The number of nitrogens with zero attached hydrogens (tertiary/aromatic N) is 3. The molecule has 0 saturated carbocycles. The maximum Gasteiger partial charge on any atom is 0.255 e. The van der Waals surface area contributed by atoms with Crippen LogP contribution in [0.3, 0.4) is 0 Å². The van der Waals surface area contributed by atoms with Crippen molar-refractivity contribution in [1.82, 2.24) is 14.4 Å². The van der Waals surface area contributed by atoms with Crippen molar-refractivity contribution in [3.8, 4) is 0 Å². The molecule has 140 valence electrons. The molecule has 1 aliphatic rings. The Morgan fingerprint density at radius 1 is 1.23 bits per heavy atom. The molecule has 0 aliphatic carbocycles. The van der Waals surface area contributed by atoms with Crippen molar-refractivity contribution >= 4 is 43.5 Å². The number of halogens is 2. The minimum Gasteiger partial charge on any atom is -0.360 e. The van der Waals surface area contributed by atoms with Crippen LogP contribution in [0, 0.1) is 13.8 Å². The molecule has 0 N–H and O–H groups in total. The fraction of sp³-hybridized carbons (Fsp3) is 0.375. The summed E-state index contributed by atoms with van der Waals surface area (Å²) >= 11 is 9.45. The van der Waals surface area contributed by atoms with Gasteiger partial charge in [0.25, 0.3) is 5.91 Å². The quantitative estimate of drug-likeness (QED) is 0.700. The van der Waals surface area contributed by atoms with Gasteiger partial charge in [0.15, 0.2) is 5.76 Å². The molecule has 0 unspecified atom stereocenters. The Bertz CT molecular complexity index is 933. The summed E-state index contributed by atoms with van der Waals surface area (Å²) < 4.78 is 32.8. The first kappa shape index (κ1) is 19.3. The Kier molecular flexibility index (Phi) is 5.43. The molecule has 0 radical (unpaired) electrons. The third kappa shape index (κ3) is 3.53. The molecule has 10 heteroatoms. The van der Waals surface area contributed by atoms with Gasteiger partial charge in [-0.15, -0.1) is 0 Å². The number of piperazine rings is 1. The van der Waals surface area contributed by atoms with Crippen molar-refractivity contribution in [3.63, 3.8) is 0 Å². The van der Waals surface area contributed by atoms with E-state index in [1.54, 1.807) is 36.9 Å². The lowest BCUT2D eigenvalue weighted by Crippen LogP contribution is -2.50. The topological polar surface area (TPSA) is 83.7 Å². The highest BCUT2D eigenvalue weighted by molar-refractivity contribution is 9.10. The summed E-state index contributed by atoms with van der Waals surface area (Å²) in [6.45, 7) is 4.14. The average molecular weight is 463 g/mol. The maximum absolute atomic E-state index is 12.8. The number of aromatic nitrogens is 1. The molecule has 7 nitrogen and oxygen atoms in total. The highest BCUT2D eigenvalue weighted by Crippen LogP contribution is 2.26. The number of benzene rings is 1. The Balaban J connectivity index is 1.74. The molecule has 2 aromatic rings. The number of rotatable bonds is 3. The SMILES string of the molecule is Cc1noc(C)c1S(=O)(=O)N1CCN(C(=O)c2ccc(Br)cc2Cl)CC1. The lowest BCUT2D eigenvalue weighted by Gasteiger charge is -2.34. The molecule has 2 heterocycles. The predicted molar refractivity (Wildman–Crippen MR) is 99.8 cm³/mol. The van der Waals surface area contributed by atoms with Crippen LogP contribution in [0.25, 0.3) is 0 Å². The number of carbonyl (C=O) groups excluding carboxylic acids is 1. The van der Waals surface area contributed by atoms with Crippen molar-refractivity contribution in [2.75, 3.05) is 26.2 Å². The standard InChI is InChI=1S/C16H17BrClN3O4S/c1-10-15(11(2)25-19-10)26(23,24)21-7-5-20(6-8-21)16(22)13-4-3-12(17)9-14(13)18/h3-4,9H,5-8H2,1-2H3. The van der Waals surface area contributed by atoms with E-state index in [0.717, 1.165) is 4.47 Å². The van der Waals surface area contributed by atoms with E-state index in [4.69, 9.17) is 16.1 Å². The molecular formula is C16H17BrClN3O4S. The molecule has 1 fully saturated rings. The van der Waals surface area contributed by atoms with E-state index in [2.05, 4.69) is 21.1 Å². The average Bonchev–Trinajstić information content (AvgIpc) is 2.93. The molecule has 1 amide bonds. The second kappa shape index (κ2) is 7.30. The van der Waals surface area contributed by atoms with Gasteiger partial charge in [0.05, 0.1) is 10.6 Å². The fourth-order valence-electron chi connectivity index (χ4n) is 2.94. The smallest absolute Gasteiger partial charge is 0.255 e. The van der Waals surface area contributed by atoms with Crippen molar-refractivity contribution in [3.05, 3.63) is 44.7 Å². The van der Waals surface area contributed by atoms with E-state index in [1.807, 2.05) is 0 Å². The van der Waals surface area contributed by atoms with Crippen LogP contribution in [0.4, 0.5) is 0 Å². The molecule has 0 atom stereocenters. The second-order valence-electron chi connectivity index (χ2n) is 5.97. The van der Waals surface area contributed by atoms with Crippen LogP contribution in [0.5, 0.6) is 0 Å². The summed E-state index contributed by atoms with van der Waals surface area (Å²) in [5.41, 5.74) is 0.736. The van der Waals surface area contributed by atoms with Crippen molar-refractivity contribution in [1.29, 1.82) is 0 Å². The summed E-state index contributed by atoms with van der Waals surface area (Å²) in [7, 11) is -3.70. The van der Waals surface area contributed by atoms with Gasteiger partial charge in [-0.25, -0.2) is 8.42 Å². The largest absolute Gasteiger partial charge is 0.360 e. The minimum absolute atomic E-state index is 0.105. The van der Waals surface area contributed by atoms with Gasteiger partial charge in [0.1, 0.15) is 10.6 Å². The summed E-state index contributed by atoms with van der Waals surface area (Å²) in [4.78, 5) is 14.4. The van der Waals surface area contributed by atoms with Gasteiger partial charge in [0.2, 0.25) is 10.0 Å². The zero-order valence-corrected chi connectivity index (χ0v) is 17.4. The van der Waals surface area contributed by atoms with Crippen LogP contribution in [0.1, 0.15) is 21.8 Å². The number of carbonyl (C=O) groups is 1. The number of sulfonamides is 1. The van der Waals surface area contributed by atoms with E-state index in [0.29, 0.717) is 16.3 Å². The van der Waals surface area contributed by atoms with Gasteiger partial charge in [0, 0.05) is 30.7 Å². The van der Waals surface area contributed by atoms with Crippen LogP contribution < -0.4 is 0 Å². The van der Waals surface area contributed by atoms with Crippen LogP contribution in [-0.2, 0) is 10.0 Å². The van der Waals surface area contributed by atoms with Crippen LogP contribution >= 0.6 is 27.5 Å². The van der Waals surface area contributed by atoms with Gasteiger partial charge in [-0.2, -0.15) is 4.31 Å². The van der Waals surface area contributed by atoms with E-state index in [9.17, 15) is 13.2 Å². The predicted octanol–water partition coefficient (Wildman–Crippen LogP) is 2.85. The van der Waals surface area contributed by atoms with Crippen molar-refractivity contribution in [2.24, 2.45) is 0 Å². The first-order valence-corrected chi connectivity index (χ1v) is 10.5. The zero-order valence-electron chi connectivity index (χ0n) is 14.2. The molecule has 1 aromatic carbocycles. The van der Waals surface area contributed by atoms with Crippen LogP contribution in [0.15, 0.2) is 32.1 Å². The number of hydrogen-bond acceptors (Lipinski definition) is 5. The number of hydrogen-bond donors (Lipinski definition) is 0. The molecule has 3 rings (SSSR count). The van der Waals surface area contributed by atoms with Gasteiger partial charge in [-0.05, 0) is 32.0 Å². The summed E-state index contributed by atoms with van der Waals surface area (Å²) in [5.74, 6) is 0.0551. The lowest BCUT2D eigenvalue weighted by atomic mass is 10.2. The first-order chi connectivity index (χ1) is 12.2. The maximum atomic E-state index is 12.8. The highest BCUT2D eigenvalue weighted by atomic mass is 79.9. The highest BCUT2D eigenvalue weighted by Gasteiger charge is 2.34. The van der Waals surface area contributed by atoms with Crippen LogP contribution in [0.2, 0.25) is 5.02 Å². The van der Waals surface area contributed by atoms with Gasteiger partial charge in [-0.1, -0.05) is 32.7 Å². The Morgan fingerprint density at radius 2 is 1.88 bits per heavy atom. The molecule has 1 aliphatic heterocycles. The Labute approximate surface area is 165 Å². The third-order valence-electron chi connectivity index (χ3n) is 4.25. The molecule has 1 aromatic heterocycles. The zero-order chi connectivity index (χ0) is 19.1. The van der Waals surface area contributed by atoms with Gasteiger partial charge < -0.3 is 9.42 Å². The molecule has 1 saturated heterocycles. The molecule has 0 bridgehead atoms. The van der Waals surface area contributed by atoms with Crippen LogP contribution in [-0.4, -0.2) is 54.9 Å². The Hall–Kier alpha value is -1.42. The lowest BCUT2D eigenvalue weighted by molar-refractivity contribution is 0.0698. The second-order valence-corrected chi connectivity index (χ2v) is 9.17. The van der Waals surface area contributed by atoms with Gasteiger partial charge >= 0.3 is 0 Å². The molecule has 26 heavy (non-hydrogen) atoms. The summed E-state index contributed by atoms with van der Waals surface area (Å²) in [5, 5.41) is 4.07. The summed E-state index contributed by atoms with van der Waals surface area (Å²) in [6, 6.07) is 5.06. The number of amides is 1. The van der Waals surface area contributed by atoms with E-state index < -0.39 is 10.0 Å². The number of aryl methyl sites for hydroxylation is 2. The molecular weight excluding hydrogens is 446 g/mol. The monoisotopic (exact) mass is 461 g/mol. The van der Waals surface area contributed by atoms with E-state index in [-0.39, 0.29) is 42.7 Å². The van der Waals surface area contributed by atoms with Crippen molar-refractivity contribution in [2.45, 2.75) is 18.7 Å². The fourth-order valence-corrected chi connectivity index (χ4v) is 5.40. The first-order valence-electron chi connectivity index (χ1n) is 7.89. The normalized spacial score (nSPS) is 16.1. The van der Waals surface area contributed by atoms with Crippen molar-refractivity contribution < 1.29 is 17.7 Å². The Morgan fingerprint density at radius 3 is 2.42 bits per heavy atom. The van der Waals surface area contributed by atoms with Gasteiger partial charge in [-0.3, -0.25) is 4.79 Å². The minimum atomic E-state index is -3.70. The molecule has 0 spiro atoms. The van der Waals surface area contributed by atoms with E-state index in [1.165, 1.54) is 4.31 Å².